The van der Waals surface area contributed by atoms with Crippen molar-refractivity contribution in [1.82, 2.24) is 15.2 Å². The first-order valence-electron chi connectivity index (χ1n) is 11.4. The minimum atomic E-state index is -4.86. The molecular formula is C24H24F3N6O4PS. The van der Waals surface area contributed by atoms with E-state index in [0.717, 1.165) is 24.8 Å². The molecule has 39 heavy (non-hydrogen) atoms. The maximum atomic E-state index is 12.4. The van der Waals surface area contributed by atoms with Crippen LogP contribution in [0.4, 0.5) is 29.5 Å². The molecule has 206 valence electrons. The Morgan fingerprint density at radius 3 is 2.56 bits per heavy atom. The second-order valence-corrected chi connectivity index (χ2v) is 9.78. The SMILES string of the molecule is CCCC(=O)CS/C(C)=N\C(=O)Nc1ccc(-c2cc(NC(=O)c3ccc(OC(F)(F)F)cn3)n[nH]2)cc1P. The summed E-state index contributed by atoms with van der Waals surface area (Å²) in [7, 11) is 2.51. The Labute approximate surface area is 227 Å². The molecule has 0 bridgehead atoms. The minimum absolute atomic E-state index is 0.104. The fourth-order valence-electron chi connectivity index (χ4n) is 3.12. The molecule has 1 atom stereocenters. The van der Waals surface area contributed by atoms with Gasteiger partial charge in [0.25, 0.3) is 5.91 Å². The molecule has 0 aliphatic heterocycles. The van der Waals surface area contributed by atoms with Crippen LogP contribution in [0.1, 0.15) is 37.2 Å². The van der Waals surface area contributed by atoms with Crippen molar-refractivity contribution >= 4 is 60.6 Å². The Bertz CT molecular complexity index is 1380. The van der Waals surface area contributed by atoms with Gasteiger partial charge in [-0.15, -0.1) is 34.2 Å². The van der Waals surface area contributed by atoms with E-state index in [1.54, 1.807) is 31.2 Å². The van der Waals surface area contributed by atoms with Crippen molar-refractivity contribution < 1.29 is 32.3 Å². The zero-order valence-electron chi connectivity index (χ0n) is 20.8. The van der Waals surface area contributed by atoms with E-state index in [1.165, 1.54) is 11.8 Å². The lowest BCUT2D eigenvalue weighted by Crippen LogP contribution is -2.18. The maximum Gasteiger partial charge on any atom is 0.573 e. The average Bonchev–Trinajstić information content (AvgIpc) is 3.32. The summed E-state index contributed by atoms with van der Waals surface area (Å²) in [6.07, 6.45) is -2.80. The van der Waals surface area contributed by atoms with E-state index >= 15 is 0 Å². The van der Waals surface area contributed by atoms with Gasteiger partial charge in [-0.1, -0.05) is 13.0 Å². The van der Waals surface area contributed by atoms with Gasteiger partial charge in [0.2, 0.25) is 0 Å². The number of H-pyrrole nitrogens is 1. The molecule has 0 saturated carbocycles. The summed E-state index contributed by atoms with van der Waals surface area (Å²) in [5, 5.41) is 13.1. The van der Waals surface area contributed by atoms with Crippen LogP contribution in [0.2, 0.25) is 0 Å². The highest BCUT2D eigenvalue weighted by atomic mass is 32.2. The third-order valence-electron chi connectivity index (χ3n) is 4.86. The second kappa shape index (κ2) is 13.3. The number of aromatic amines is 1. The monoisotopic (exact) mass is 580 g/mol. The number of Topliss-reactive ketones (excluding diaryl/α,β-unsaturated/α-hetero) is 1. The van der Waals surface area contributed by atoms with Gasteiger partial charge in [-0.25, -0.2) is 9.78 Å². The summed E-state index contributed by atoms with van der Waals surface area (Å²) in [6, 6.07) is 8.21. The van der Waals surface area contributed by atoms with E-state index in [1.807, 2.05) is 6.92 Å². The lowest BCUT2D eigenvalue weighted by atomic mass is 10.1. The quantitative estimate of drug-likeness (QED) is 0.180. The van der Waals surface area contributed by atoms with Crippen LogP contribution in [0, 0.1) is 0 Å². The number of pyridine rings is 1. The zero-order chi connectivity index (χ0) is 28.6. The van der Waals surface area contributed by atoms with E-state index in [2.05, 4.69) is 44.8 Å². The number of amides is 3. The molecule has 0 aliphatic carbocycles. The van der Waals surface area contributed by atoms with Crippen molar-refractivity contribution in [1.29, 1.82) is 0 Å². The number of aromatic nitrogens is 3. The number of nitrogens with zero attached hydrogens (tertiary/aromatic N) is 3. The fourth-order valence-corrected chi connectivity index (χ4v) is 4.13. The molecule has 0 saturated heterocycles. The summed E-state index contributed by atoms with van der Waals surface area (Å²) in [4.78, 5) is 43.9. The van der Waals surface area contributed by atoms with E-state index in [-0.39, 0.29) is 23.0 Å². The van der Waals surface area contributed by atoms with E-state index in [0.29, 0.717) is 33.7 Å². The Kier molecular flexibility index (Phi) is 10.2. The molecule has 1 aromatic carbocycles. The third-order valence-corrected chi connectivity index (χ3v) is 6.31. The van der Waals surface area contributed by atoms with Crippen molar-refractivity contribution in [3.05, 3.63) is 48.3 Å². The molecule has 0 spiro atoms. The number of urea groups is 1. The highest BCUT2D eigenvalue weighted by Crippen LogP contribution is 2.24. The fraction of sp³-hybridized carbons (Fsp3) is 0.250. The summed E-state index contributed by atoms with van der Waals surface area (Å²) >= 11 is 1.22. The van der Waals surface area contributed by atoms with Gasteiger partial charge in [0.05, 0.1) is 22.7 Å². The summed E-state index contributed by atoms with van der Waals surface area (Å²) in [5.74, 6) is -0.692. The van der Waals surface area contributed by atoms with Crippen LogP contribution in [0.5, 0.6) is 5.75 Å². The van der Waals surface area contributed by atoms with Gasteiger partial charge < -0.3 is 15.4 Å². The molecule has 3 N–H and O–H groups in total. The number of rotatable bonds is 9. The first-order valence-corrected chi connectivity index (χ1v) is 13.0. The standard InChI is InChI=1S/C24H24F3N6O4PS/c1-3-4-15(34)12-39-13(2)29-23(36)30-17-7-5-14(9-20(17)38)19-10-21(33-32-19)31-22(35)18-8-6-16(11-28-18)37-24(25,26)27/h5-11H,3-4,12,38H2,1-2H3,(H,30,36)(H2,31,32,33,35)/b29-13-. The number of ketones is 1. The van der Waals surface area contributed by atoms with Crippen molar-refractivity contribution in [2.24, 2.45) is 4.99 Å². The van der Waals surface area contributed by atoms with Crippen LogP contribution in [0.25, 0.3) is 11.3 Å². The molecule has 0 aliphatic rings. The van der Waals surface area contributed by atoms with Crippen molar-refractivity contribution in [2.45, 2.75) is 33.1 Å². The number of halogens is 3. The Balaban J connectivity index is 1.59. The van der Waals surface area contributed by atoms with E-state index < -0.39 is 24.1 Å². The van der Waals surface area contributed by atoms with Gasteiger partial charge in [-0.2, -0.15) is 10.1 Å². The molecular weight excluding hydrogens is 556 g/mol. The molecule has 3 aromatic rings. The number of benzene rings is 1. The largest absolute Gasteiger partial charge is 0.573 e. The number of thioether (sulfide) groups is 1. The summed E-state index contributed by atoms with van der Waals surface area (Å²) in [5.41, 5.74) is 1.62. The zero-order valence-corrected chi connectivity index (χ0v) is 22.7. The van der Waals surface area contributed by atoms with Gasteiger partial charge in [-0.3, -0.25) is 14.7 Å². The number of carbonyl (C=O) groups excluding carboxylic acids is 3. The lowest BCUT2D eigenvalue weighted by Gasteiger charge is -2.08. The number of nitrogens with one attached hydrogen (secondary N) is 3. The van der Waals surface area contributed by atoms with Crippen LogP contribution in [0.15, 0.2) is 47.6 Å². The van der Waals surface area contributed by atoms with Crippen molar-refractivity contribution in [3.8, 4) is 17.0 Å². The molecule has 3 amide bonds. The molecule has 2 heterocycles. The molecule has 0 radical (unpaired) electrons. The van der Waals surface area contributed by atoms with Crippen LogP contribution in [0.3, 0.4) is 0 Å². The van der Waals surface area contributed by atoms with Crippen molar-refractivity contribution in [2.75, 3.05) is 16.4 Å². The normalized spacial score (nSPS) is 11.7. The highest BCUT2D eigenvalue weighted by molar-refractivity contribution is 8.14. The molecule has 0 fully saturated rings. The van der Waals surface area contributed by atoms with Gasteiger partial charge in [0.1, 0.15) is 17.2 Å². The number of carbonyl (C=O) groups is 3. The maximum absolute atomic E-state index is 12.4. The number of anilines is 2. The molecule has 2 aromatic heterocycles. The topological polar surface area (TPSA) is 138 Å². The van der Waals surface area contributed by atoms with Crippen LogP contribution < -0.4 is 20.7 Å². The lowest BCUT2D eigenvalue weighted by molar-refractivity contribution is -0.274. The highest BCUT2D eigenvalue weighted by Gasteiger charge is 2.31. The van der Waals surface area contributed by atoms with E-state index in [4.69, 9.17) is 0 Å². The Morgan fingerprint density at radius 2 is 1.92 bits per heavy atom. The molecule has 3 rings (SSSR count). The number of hydrogen-bond donors (Lipinski definition) is 3. The van der Waals surface area contributed by atoms with E-state index in [9.17, 15) is 27.6 Å². The molecule has 1 unspecified atom stereocenters. The number of ether oxygens (including phenoxy) is 1. The number of hydrogen-bond acceptors (Lipinski definition) is 7. The van der Waals surface area contributed by atoms with Gasteiger partial charge in [-0.05, 0) is 42.9 Å². The first kappa shape index (κ1) is 29.8. The minimum Gasteiger partial charge on any atom is -0.404 e. The first-order chi connectivity index (χ1) is 18.4. The second-order valence-electron chi connectivity index (χ2n) is 7.99. The Hall–Kier alpha value is -3.77. The molecule has 15 heteroatoms. The Morgan fingerprint density at radius 1 is 1.15 bits per heavy atom. The van der Waals surface area contributed by atoms with Crippen LogP contribution >= 0.6 is 21.0 Å². The number of alkyl halides is 3. The predicted octanol–water partition coefficient (Wildman–Crippen LogP) is 5.18. The van der Waals surface area contributed by atoms with Crippen LogP contribution in [-0.4, -0.2) is 50.1 Å². The van der Waals surface area contributed by atoms with Gasteiger partial charge in [0.15, 0.2) is 5.82 Å². The predicted molar refractivity (Wildman–Crippen MR) is 147 cm³/mol. The third kappa shape index (κ3) is 9.48. The van der Waals surface area contributed by atoms with Crippen LogP contribution in [-0.2, 0) is 4.79 Å². The smallest absolute Gasteiger partial charge is 0.404 e. The summed E-state index contributed by atoms with van der Waals surface area (Å²) in [6.45, 7) is 3.59. The van der Waals surface area contributed by atoms with Crippen molar-refractivity contribution in [3.63, 3.8) is 0 Å². The van der Waals surface area contributed by atoms with Gasteiger partial charge in [0, 0.05) is 23.7 Å². The average molecular weight is 581 g/mol. The number of aliphatic imine (C=N–C) groups is 1. The van der Waals surface area contributed by atoms with Gasteiger partial charge >= 0.3 is 12.4 Å². The summed E-state index contributed by atoms with van der Waals surface area (Å²) < 4.78 is 40.5. The molecule has 10 nitrogen and oxygen atoms in total.